The summed E-state index contributed by atoms with van der Waals surface area (Å²) in [6.07, 6.45) is 7.01. The van der Waals surface area contributed by atoms with Crippen molar-refractivity contribution in [3.63, 3.8) is 0 Å². The Hall–Kier alpha value is -3.61. The van der Waals surface area contributed by atoms with Crippen molar-refractivity contribution in [2.45, 2.75) is 52.4 Å². The molecule has 1 aliphatic heterocycles. The number of aromatic nitrogens is 2. The monoisotopic (exact) mass is 473 g/mol. The smallest absolute Gasteiger partial charge is 0.255 e. The zero-order valence-electron chi connectivity index (χ0n) is 20.7. The molecule has 2 aromatic carbocycles. The lowest BCUT2D eigenvalue weighted by molar-refractivity contribution is 0.102. The third-order valence-electron chi connectivity index (χ3n) is 6.03. The van der Waals surface area contributed by atoms with E-state index in [1.807, 2.05) is 49.4 Å². The maximum absolute atomic E-state index is 12.6. The summed E-state index contributed by atoms with van der Waals surface area (Å²) in [5.41, 5.74) is 3.16. The lowest BCUT2D eigenvalue weighted by Gasteiger charge is -2.27. The Morgan fingerprint density at radius 1 is 0.943 bits per heavy atom. The Morgan fingerprint density at radius 3 is 2.37 bits per heavy atom. The van der Waals surface area contributed by atoms with Crippen LogP contribution in [0.5, 0.6) is 5.75 Å². The number of carbonyl (C=O) groups is 1. The van der Waals surface area contributed by atoms with Crippen molar-refractivity contribution in [2.75, 3.05) is 35.2 Å². The summed E-state index contributed by atoms with van der Waals surface area (Å²) >= 11 is 0. The average Bonchev–Trinajstić information content (AvgIpc) is 2.88. The molecule has 1 aromatic heterocycles. The van der Waals surface area contributed by atoms with Crippen LogP contribution >= 0.6 is 0 Å². The summed E-state index contributed by atoms with van der Waals surface area (Å²) in [5, 5.41) is 6.31. The number of nitrogens with zero attached hydrogens (tertiary/aromatic N) is 3. The van der Waals surface area contributed by atoms with Crippen molar-refractivity contribution in [1.82, 2.24) is 9.97 Å². The van der Waals surface area contributed by atoms with E-state index in [-0.39, 0.29) is 5.91 Å². The molecule has 4 rings (SSSR count). The largest absolute Gasteiger partial charge is 0.494 e. The summed E-state index contributed by atoms with van der Waals surface area (Å²) < 4.78 is 5.72. The number of aryl methyl sites for hydroxylation is 1. The number of rotatable bonds is 10. The number of amides is 1. The zero-order valence-corrected chi connectivity index (χ0v) is 20.7. The van der Waals surface area contributed by atoms with Crippen LogP contribution in [0.15, 0.2) is 54.6 Å². The van der Waals surface area contributed by atoms with Crippen molar-refractivity contribution < 1.29 is 9.53 Å². The molecular weight excluding hydrogens is 438 g/mol. The molecule has 2 N–H and O–H groups in total. The van der Waals surface area contributed by atoms with Crippen LogP contribution in [0.25, 0.3) is 0 Å². The Bertz CT molecular complexity index is 1090. The molecule has 0 unspecified atom stereocenters. The highest BCUT2D eigenvalue weighted by Gasteiger charge is 2.15. The number of carbonyl (C=O) groups excluding carboxylic acids is 1. The van der Waals surface area contributed by atoms with Gasteiger partial charge in [0.15, 0.2) is 0 Å². The van der Waals surface area contributed by atoms with Crippen LogP contribution < -0.4 is 20.3 Å². The molecule has 1 amide bonds. The summed E-state index contributed by atoms with van der Waals surface area (Å²) in [6.45, 7) is 6.87. The van der Waals surface area contributed by atoms with Crippen LogP contribution in [0.4, 0.5) is 23.1 Å². The molecule has 184 valence electrons. The van der Waals surface area contributed by atoms with E-state index in [2.05, 4.69) is 27.4 Å². The first-order valence-corrected chi connectivity index (χ1v) is 12.6. The Morgan fingerprint density at radius 2 is 1.66 bits per heavy atom. The lowest BCUT2D eigenvalue weighted by Crippen LogP contribution is -2.31. The van der Waals surface area contributed by atoms with Gasteiger partial charge in [0.05, 0.1) is 6.61 Å². The molecule has 1 saturated heterocycles. The Balaban J connectivity index is 1.33. The number of nitrogens with one attached hydrogen (secondary N) is 2. The van der Waals surface area contributed by atoms with E-state index in [0.717, 1.165) is 60.5 Å². The standard InChI is InChI=1S/C28H35N5O2/c1-3-4-8-19-35-25-15-9-22(10-16-25)27(34)31-24-13-11-23(12-14-24)30-26-20-21(2)29-28(32-26)33-17-6-5-7-18-33/h9-16,20H,3-8,17-19H2,1-2H3,(H,31,34)(H,29,30,32). The molecule has 0 radical (unpaired) electrons. The highest BCUT2D eigenvalue weighted by atomic mass is 16.5. The highest BCUT2D eigenvalue weighted by Crippen LogP contribution is 2.22. The normalized spacial score (nSPS) is 13.4. The number of hydrogen-bond acceptors (Lipinski definition) is 6. The molecule has 0 aliphatic carbocycles. The van der Waals surface area contributed by atoms with Crippen molar-refractivity contribution in [3.8, 4) is 5.75 Å². The fourth-order valence-corrected chi connectivity index (χ4v) is 4.08. The number of benzene rings is 2. The van der Waals surface area contributed by atoms with Gasteiger partial charge in [0, 0.05) is 41.8 Å². The molecule has 3 aromatic rings. The second kappa shape index (κ2) is 12.2. The van der Waals surface area contributed by atoms with Gasteiger partial charge < -0.3 is 20.3 Å². The fraction of sp³-hybridized carbons (Fsp3) is 0.393. The van der Waals surface area contributed by atoms with Crippen LogP contribution in [-0.4, -0.2) is 35.6 Å². The van der Waals surface area contributed by atoms with E-state index in [0.29, 0.717) is 12.2 Å². The molecule has 0 saturated carbocycles. The third-order valence-corrected chi connectivity index (χ3v) is 6.03. The summed E-state index contributed by atoms with van der Waals surface area (Å²) in [4.78, 5) is 24.2. The molecule has 35 heavy (non-hydrogen) atoms. The van der Waals surface area contributed by atoms with E-state index in [1.165, 1.54) is 25.7 Å². The zero-order chi connectivity index (χ0) is 24.5. The molecule has 7 heteroatoms. The van der Waals surface area contributed by atoms with Gasteiger partial charge in [-0.3, -0.25) is 4.79 Å². The average molecular weight is 474 g/mol. The van der Waals surface area contributed by atoms with Crippen molar-refractivity contribution >= 4 is 29.0 Å². The van der Waals surface area contributed by atoms with Gasteiger partial charge >= 0.3 is 0 Å². The van der Waals surface area contributed by atoms with Gasteiger partial charge in [-0.1, -0.05) is 19.8 Å². The summed E-state index contributed by atoms with van der Waals surface area (Å²) in [5.74, 6) is 2.19. The van der Waals surface area contributed by atoms with Gasteiger partial charge in [0.1, 0.15) is 11.6 Å². The van der Waals surface area contributed by atoms with Crippen LogP contribution in [0.2, 0.25) is 0 Å². The van der Waals surface area contributed by atoms with Gasteiger partial charge in [0.2, 0.25) is 5.95 Å². The van der Waals surface area contributed by atoms with Crippen LogP contribution in [0.1, 0.15) is 61.5 Å². The van der Waals surface area contributed by atoms with Crippen LogP contribution in [-0.2, 0) is 0 Å². The Kier molecular flexibility index (Phi) is 8.54. The molecule has 2 heterocycles. The maximum atomic E-state index is 12.6. The van der Waals surface area contributed by atoms with Gasteiger partial charge in [0.25, 0.3) is 5.91 Å². The fourth-order valence-electron chi connectivity index (χ4n) is 4.08. The number of piperidine rings is 1. The first-order chi connectivity index (χ1) is 17.1. The van der Waals surface area contributed by atoms with Gasteiger partial charge in [-0.15, -0.1) is 0 Å². The van der Waals surface area contributed by atoms with Gasteiger partial charge in [-0.25, -0.2) is 4.98 Å². The number of hydrogen-bond donors (Lipinski definition) is 2. The first kappa shape index (κ1) is 24.5. The first-order valence-electron chi connectivity index (χ1n) is 12.6. The van der Waals surface area contributed by atoms with Crippen LogP contribution in [0.3, 0.4) is 0 Å². The minimum absolute atomic E-state index is 0.152. The van der Waals surface area contributed by atoms with Crippen molar-refractivity contribution in [3.05, 3.63) is 65.9 Å². The van der Waals surface area contributed by atoms with Crippen molar-refractivity contribution in [2.24, 2.45) is 0 Å². The predicted molar refractivity (Wildman–Crippen MR) is 142 cm³/mol. The minimum Gasteiger partial charge on any atom is -0.494 e. The lowest BCUT2D eigenvalue weighted by atomic mass is 10.1. The minimum atomic E-state index is -0.152. The molecular formula is C28H35N5O2. The topological polar surface area (TPSA) is 79.4 Å². The van der Waals surface area contributed by atoms with Crippen molar-refractivity contribution in [1.29, 1.82) is 0 Å². The van der Waals surface area contributed by atoms with Gasteiger partial charge in [-0.2, -0.15) is 4.98 Å². The maximum Gasteiger partial charge on any atom is 0.255 e. The molecule has 0 bridgehead atoms. The quantitative estimate of drug-likeness (QED) is 0.335. The second-order valence-corrected chi connectivity index (χ2v) is 8.98. The molecule has 0 spiro atoms. The number of ether oxygens (including phenoxy) is 1. The molecule has 1 aliphatic rings. The van der Waals surface area contributed by atoms with Gasteiger partial charge in [-0.05, 0) is 81.1 Å². The second-order valence-electron chi connectivity index (χ2n) is 8.98. The third kappa shape index (κ3) is 7.18. The van der Waals surface area contributed by atoms with E-state index in [4.69, 9.17) is 9.72 Å². The predicted octanol–water partition coefficient (Wildman–Crippen LogP) is 6.34. The SMILES string of the molecule is CCCCCOc1ccc(C(=O)Nc2ccc(Nc3cc(C)nc(N4CCCCC4)n3)cc2)cc1. The van der Waals surface area contributed by atoms with Crippen LogP contribution in [0, 0.1) is 6.92 Å². The van der Waals surface area contributed by atoms with E-state index in [9.17, 15) is 4.79 Å². The molecule has 0 atom stereocenters. The van der Waals surface area contributed by atoms with E-state index >= 15 is 0 Å². The number of unbranched alkanes of at least 4 members (excludes halogenated alkanes) is 2. The molecule has 7 nitrogen and oxygen atoms in total. The summed E-state index contributed by atoms with van der Waals surface area (Å²) in [7, 11) is 0. The highest BCUT2D eigenvalue weighted by molar-refractivity contribution is 6.04. The Labute approximate surface area is 207 Å². The number of anilines is 4. The van der Waals surface area contributed by atoms with E-state index < -0.39 is 0 Å². The molecule has 1 fully saturated rings. The van der Waals surface area contributed by atoms with E-state index in [1.54, 1.807) is 12.1 Å². The summed E-state index contributed by atoms with van der Waals surface area (Å²) in [6, 6.07) is 16.8.